The van der Waals surface area contributed by atoms with E-state index in [1.807, 2.05) is 6.07 Å². The molecule has 20 heavy (non-hydrogen) atoms. The molecule has 1 aliphatic rings. The highest BCUT2D eigenvalue weighted by Crippen LogP contribution is 2.42. The van der Waals surface area contributed by atoms with Gasteiger partial charge < -0.3 is 15.2 Å². The summed E-state index contributed by atoms with van der Waals surface area (Å²) in [7, 11) is 1.76. The molecular formula is C17H28NO2+. The number of hydrogen-bond acceptors (Lipinski definition) is 2. The zero-order valence-electron chi connectivity index (χ0n) is 13.0. The van der Waals surface area contributed by atoms with Crippen molar-refractivity contribution in [2.75, 3.05) is 20.3 Å². The van der Waals surface area contributed by atoms with Gasteiger partial charge in [0.1, 0.15) is 5.75 Å². The Bertz CT molecular complexity index is 431. The van der Waals surface area contributed by atoms with Crippen molar-refractivity contribution in [3.8, 4) is 5.75 Å². The summed E-state index contributed by atoms with van der Waals surface area (Å²) in [6.45, 7) is 6.21. The highest BCUT2D eigenvalue weighted by atomic mass is 16.5. The zero-order chi connectivity index (χ0) is 14.6. The third-order valence-electron chi connectivity index (χ3n) is 4.36. The maximum Gasteiger partial charge on any atom is 0.122 e. The number of methoxy groups -OCH3 is 1. The van der Waals surface area contributed by atoms with Crippen LogP contribution in [0.2, 0.25) is 0 Å². The van der Waals surface area contributed by atoms with Crippen molar-refractivity contribution < 1.29 is 15.2 Å². The summed E-state index contributed by atoms with van der Waals surface area (Å²) < 4.78 is 11.4. The largest absolute Gasteiger partial charge is 0.496 e. The fourth-order valence-corrected chi connectivity index (χ4v) is 3.46. The second kappa shape index (κ2) is 6.59. The van der Waals surface area contributed by atoms with Gasteiger partial charge in [-0.3, -0.25) is 0 Å². The molecule has 1 aromatic rings. The average Bonchev–Trinajstić information content (AvgIpc) is 2.43. The molecule has 3 heteroatoms. The van der Waals surface area contributed by atoms with Gasteiger partial charge in [0, 0.05) is 13.0 Å². The molecule has 3 N–H and O–H groups in total. The first-order valence-corrected chi connectivity index (χ1v) is 7.63. The van der Waals surface area contributed by atoms with E-state index in [4.69, 9.17) is 9.47 Å². The lowest BCUT2D eigenvalue weighted by atomic mass is 9.75. The van der Waals surface area contributed by atoms with E-state index in [-0.39, 0.29) is 5.60 Å². The first-order chi connectivity index (χ1) is 9.57. The average molecular weight is 278 g/mol. The van der Waals surface area contributed by atoms with Crippen LogP contribution in [0.15, 0.2) is 24.3 Å². The van der Waals surface area contributed by atoms with Crippen molar-refractivity contribution in [2.45, 2.75) is 44.6 Å². The molecule has 0 bridgehead atoms. The van der Waals surface area contributed by atoms with E-state index in [1.165, 1.54) is 5.56 Å². The van der Waals surface area contributed by atoms with E-state index in [0.29, 0.717) is 11.8 Å². The fraction of sp³-hybridized carbons (Fsp3) is 0.647. The first-order valence-electron chi connectivity index (χ1n) is 7.63. The first kappa shape index (κ1) is 15.3. The maximum absolute atomic E-state index is 5.87. The normalized spacial score (nSPS) is 23.3. The van der Waals surface area contributed by atoms with E-state index in [9.17, 15) is 0 Å². The van der Waals surface area contributed by atoms with Crippen molar-refractivity contribution in [1.82, 2.24) is 0 Å². The van der Waals surface area contributed by atoms with E-state index in [0.717, 1.165) is 38.2 Å². The molecule has 0 amide bonds. The van der Waals surface area contributed by atoms with Crippen molar-refractivity contribution in [3.63, 3.8) is 0 Å². The molecule has 0 unspecified atom stereocenters. The minimum absolute atomic E-state index is 0.00957. The molecule has 0 aromatic heterocycles. The predicted octanol–water partition coefficient (Wildman–Crippen LogP) is 2.62. The number of ether oxygens (including phenoxy) is 2. The molecular weight excluding hydrogens is 250 g/mol. The molecule has 2 rings (SSSR count). The Morgan fingerprint density at radius 1 is 1.40 bits per heavy atom. The molecule has 0 saturated carbocycles. The number of hydrogen-bond donors (Lipinski definition) is 1. The van der Waals surface area contributed by atoms with Gasteiger partial charge in [0.2, 0.25) is 0 Å². The SMILES string of the molecule is COc1ccccc1[C@H](CC[NH3+])[C@@H]1CCOC(C)(C)C1. The molecule has 1 fully saturated rings. The van der Waals surface area contributed by atoms with Crippen LogP contribution in [0.1, 0.15) is 44.6 Å². The third kappa shape index (κ3) is 3.53. The standard InChI is InChI=1S/C17H27NO2/c1-17(2)12-13(9-11-20-17)14(8-10-18)15-6-4-5-7-16(15)19-3/h4-7,13-14H,8-12,18H2,1-3H3/p+1/t13-,14-/m1/s1. The van der Waals surface area contributed by atoms with Crippen LogP contribution in [0.25, 0.3) is 0 Å². The van der Waals surface area contributed by atoms with Crippen LogP contribution in [-0.2, 0) is 4.74 Å². The molecule has 3 nitrogen and oxygen atoms in total. The van der Waals surface area contributed by atoms with Gasteiger partial charge in [0.05, 0.1) is 19.3 Å². The van der Waals surface area contributed by atoms with Crippen LogP contribution in [0.3, 0.4) is 0 Å². The van der Waals surface area contributed by atoms with E-state index in [1.54, 1.807) is 7.11 Å². The molecule has 1 saturated heterocycles. The van der Waals surface area contributed by atoms with Gasteiger partial charge in [-0.2, -0.15) is 0 Å². The number of quaternary nitrogens is 1. The van der Waals surface area contributed by atoms with Crippen LogP contribution in [0, 0.1) is 5.92 Å². The topological polar surface area (TPSA) is 46.1 Å². The molecule has 0 aliphatic carbocycles. The van der Waals surface area contributed by atoms with Crippen molar-refractivity contribution in [2.24, 2.45) is 5.92 Å². The molecule has 1 aliphatic heterocycles. The van der Waals surface area contributed by atoms with Gasteiger partial charge in [0.15, 0.2) is 0 Å². The summed E-state index contributed by atoms with van der Waals surface area (Å²) in [5.41, 5.74) is 5.39. The lowest BCUT2D eigenvalue weighted by Gasteiger charge is -2.39. The van der Waals surface area contributed by atoms with Crippen LogP contribution in [0.5, 0.6) is 5.75 Å². The number of rotatable bonds is 5. The van der Waals surface area contributed by atoms with Crippen LogP contribution >= 0.6 is 0 Å². The maximum atomic E-state index is 5.87. The van der Waals surface area contributed by atoms with Gasteiger partial charge in [-0.25, -0.2) is 0 Å². The summed E-state index contributed by atoms with van der Waals surface area (Å²) in [5.74, 6) is 2.18. The van der Waals surface area contributed by atoms with E-state index in [2.05, 4.69) is 37.8 Å². The van der Waals surface area contributed by atoms with Crippen LogP contribution < -0.4 is 10.5 Å². The fourth-order valence-electron chi connectivity index (χ4n) is 3.46. The van der Waals surface area contributed by atoms with Crippen LogP contribution in [0.4, 0.5) is 0 Å². The van der Waals surface area contributed by atoms with Crippen molar-refractivity contribution in [1.29, 1.82) is 0 Å². The Labute approximate surface area is 122 Å². The minimum Gasteiger partial charge on any atom is -0.496 e. The highest BCUT2D eigenvalue weighted by Gasteiger charge is 2.35. The zero-order valence-corrected chi connectivity index (χ0v) is 13.0. The summed E-state index contributed by atoms with van der Waals surface area (Å²) >= 11 is 0. The van der Waals surface area contributed by atoms with Gasteiger partial charge in [0.25, 0.3) is 0 Å². The van der Waals surface area contributed by atoms with Gasteiger partial charge in [-0.15, -0.1) is 0 Å². The molecule has 1 aromatic carbocycles. The van der Waals surface area contributed by atoms with Gasteiger partial charge in [-0.05, 0) is 50.2 Å². The summed E-state index contributed by atoms with van der Waals surface area (Å²) in [6.07, 6.45) is 3.35. The van der Waals surface area contributed by atoms with E-state index >= 15 is 0 Å². The Balaban J connectivity index is 2.26. The lowest BCUT2D eigenvalue weighted by Crippen LogP contribution is -2.51. The highest BCUT2D eigenvalue weighted by molar-refractivity contribution is 5.36. The molecule has 1 heterocycles. The Morgan fingerprint density at radius 3 is 2.80 bits per heavy atom. The monoisotopic (exact) mass is 278 g/mol. The van der Waals surface area contributed by atoms with Crippen LogP contribution in [-0.4, -0.2) is 25.9 Å². The second-order valence-electron chi connectivity index (χ2n) is 6.35. The van der Waals surface area contributed by atoms with E-state index < -0.39 is 0 Å². The summed E-state index contributed by atoms with van der Waals surface area (Å²) in [4.78, 5) is 0. The predicted molar refractivity (Wildman–Crippen MR) is 80.9 cm³/mol. The molecule has 112 valence electrons. The minimum atomic E-state index is -0.00957. The smallest absolute Gasteiger partial charge is 0.122 e. The Hall–Kier alpha value is -1.06. The quantitative estimate of drug-likeness (QED) is 0.900. The van der Waals surface area contributed by atoms with Gasteiger partial charge in [-0.1, -0.05) is 18.2 Å². The Kier molecular flexibility index (Phi) is 5.06. The van der Waals surface area contributed by atoms with Gasteiger partial charge >= 0.3 is 0 Å². The molecule has 2 atom stereocenters. The lowest BCUT2D eigenvalue weighted by molar-refractivity contribution is -0.369. The third-order valence-corrected chi connectivity index (χ3v) is 4.36. The second-order valence-corrected chi connectivity index (χ2v) is 6.35. The number of benzene rings is 1. The molecule has 0 radical (unpaired) electrons. The number of para-hydroxylation sites is 1. The van der Waals surface area contributed by atoms with Crippen molar-refractivity contribution in [3.05, 3.63) is 29.8 Å². The summed E-state index contributed by atoms with van der Waals surface area (Å²) in [5, 5.41) is 0. The molecule has 0 spiro atoms. The summed E-state index contributed by atoms with van der Waals surface area (Å²) in [6, 6.07) is 8.42. The Morgan fingerprint density at radius 2 is 2.15 bits per heavy atom. The van der Waals surface area contributed by atoms with Crippen molar-refractivity contribution >= 4 is 0 Å².